The molecule has 1 aliphatic carbocycles. The van der Waals surface area contributed by atoms with Crippen LogP contribution in [-0.2, 0) is 11.3 Å². The fourth-order valence-electron chi connectivity index (χ4n) is 3.73. The van der Waals surface area contributed by atoms with Gasteiger partial charge in [-0.3, -0.25) is 14.6 Å². The third-order valence-electron chi connectivity index (χ3n) is 5.19. The summed E-state index contributed by atoms with van der Waals surface area (Å²) in [6, 6.07) is 5.28. The second-order valence-corrected chi connectivity index (χ2v) is 7.61. The Balaban J connectivity index is 1.39. The molecule has 2 fully saturated rings. The zero-order chi connectivity index (χ0) is 17.6. The van der Waals surface area contributed by atoms with Crippen molar-refractivity contribution >= 4 is 17.5 Å². The molecule has 0 bridgehead atoms. The van der Waals surface area contributed by atoms with E-state index in [9.17, 15) is 9.18 Å². The van der Waals surface area contributed by atoms with Crippen LogP contribution >= 0.6 is 11.6 Å². The van der Waals surface area contributed by atoms with Gasteiger partial charge >= 0.3 is 0 Å². The highest BCUT2D eigenvalue weighted by Crippen LogP contribution is 2.18. The van der Waals surface area contributed by atoms with Crippen LogP contribution in [0.5, 0.6) is 0 Å². The molecular formula is C19H27ClFN3O. The summed E-state index contributed by atoms with van der Waals surface area (Å²) < 4.78 is 13.2. The predicted octanol–water partition coefficient (Wildman–Crippen LogP) is 3.05. The van der Waals surface area contributed by atoms with Gasteiger partial charge in [-0.1, -0.05) is 36.9 Å². The lowest BCUT2D eigenvalue weighted by Crippen LogP contribution is -2.50. The van der Waals surface area contributed by atoms with E-state index in [-0.39, 0.29) is 16.7 Å². The van der Waals surface area contributed by atoms with E-state index < -0.39 is 0 Å². The number of halogens is 2. The smallest absolute Gasteiger partial charge is 0.234 e. The van der Waals surface area contributed by atoms with Gasteiger partial charge in [0.15, 0.2) is 0 Å². The molecule has 1 aromatic rings. The molecule has 138 valence electrons. The predicted molar refractivity (Wildman–Crippen MR) is 98.1 cm³/mol. The van der Waals surface area contributed by atoms with Gasteiger partial charge in [0.25, 0.3) is 0 Å². The average Bonchev–Trinajstić information content (AvgIpc) is 2.61. The summed E-state index contributed by atoms with van der Waals surface area (Å²) in [7, 11) is 0. The van der Waals surface area contributed by atoms with Crippen LogP contribution in [0.3, 0.4) is 0 Å². The molecule has 1 aliphatic heterocycles. The van der Waals surface area contributed by atoms with Crippen molar-refractivity contribution in [2.75, 3.05) is 32.7 Å². The van der Waals surface area contributed by atoms with Crippen molar-refractivity contribution in [3.05, 3.63) is 34.6 Å². The third-order valence-corrected chi connectivity index (χ3v) is 5.48. The summed E-state index contributed by atoms with van der Waals surface area (Å²) in [5.74, 6) is -0.218. The van der Waals surface area contributed by atoms with Crippen LogP contribution in [0.1, 0.15) is 37.7 Å². The van der Waals surface area contributed by atoms with Gasteiger partial charge in [-0.2, -0.15) is 0 Å². The van der Waals surface area contributed by atoms with E-state index in [0.29, 0.717) is 12.6 Å². The highest BCUT2D eigenvalue weighted by Gasteiger charge is 2.21. The number of nitrogens with one attached hydrogen (secondary N) is 1. The van der Waals surface area contributed by atoms with E-state index in [1.165, 1.54) is 25.3 Å². The summed E-state index contributed by atoms with van der Waals surface area (Å²) in [5, 5.41) is 3.36. The van der Waals surface area contributed by atoms with Gasteiger partial charge in [0, 0.05) is 38.8 Å². The molecule has 0 atom stereocenters. The van der Waals surface area contributed by atoms with E-state index in [0.717, 1.165) is 51.1 Å². The Hall–Kier alpha value is -1.17. The van der Waals surface area contributed by atoms with E-state index >= 15 is 0 Å². The van der Waals surface area contributed by atoms with Crippen LogP contribution in [0.15, 0.2) is 18.2 Å². The van der Waals surface area contributed by atoms with Gasteiger partial charge in [-0.25, -0.2) is 4.39 Å². The quantitative estimate of drug-likeness (QED) is 0.868. The second-order valence-electron chi connectivity index (χ2n) is 7.20. The van der Waals surface area contributed by atoms with Crippen LogP contribution < -0.4 is 5.32 Å². The SMILES string of the molecule is O=C(CN1CCN(Cc2ccc(F)c(Cl)c2)CC1)NC1CCCCC1. The number of rotatable bonds is 5. The first-order chi connectivity index (χ1) is 12.1. The maximum atomic E-state index is 13.2. The average molecular weight is 368 g/mol. The molecule has 2 aliphatic rings. The van der Waals surface area contributed by atoms with Crippen LogP contribution in [0.2, 0.25) is 5.02 Å². The second kappa shape index (κ2) is 8.97. The Morgan fingerprint density at radius 2 is 1.80 bits per heavy atom. The Kier molecular flexibility index (Phi) is 6.68. The third kappa shape index (κ3) is 5.66. The minimum atomic E-state index is -0.376. The maximum Gasteiger partial charge on any atom is 0.234 e. The summed E-state index contributed by atoms with van der Waals surface area (Å²) in [6.07, 6.45) is 6.02. The molecule has 1 saturated carbocycles. The minimum absolute atomic E-state index is 0.158. The monoisotopic (exact) mass is 367 g/mol. The molecule has 0 unspecified atom stereocenters. The van der Waals surface area contributed by atoms with Crippen LogP contribution in [0.4, 0.5) is 4.39 Å². The van der Waals surface area contributed by atoms with Crippen molar-refractivity contribution in [2.24, 2.45) is 0 Å². The largest absolute Gasteiger partial charge is 0.352 e. The molecule has 1 aromatic carbocycles. The number of carbonyl (C=O) groups excluding carboxylic acids is 1. The highest BCUT2D eigenvalue weighted by molar-refractivity contribution is 6.30. The van der Waals surface area contributed by atoms with E-state index in [1.807, 2.05) is 0 Å². The van der Waals surface area contributed by atoms with Crippen molar-refractivity contribution in [3.63, 3.8) is 0 Å². The molecule has 1 N–H and O–H groups in total. The first-order valence-corrected chi connectivity index (χ1v) is 9.66. The lowest BCUT2D eigenvalue weighted by atomic mass is 9.95. The van der Waals surface area contributed by atoms with Gasteiger partial charge in [-0.05, 0) is 30.5 Å². The highest BCUT2D eigenvalue weighted by atomic mass is 35.5. The van der Waals surface area contributed by atoms with Crippen LogP contribution in [0.25, 0.3) is 0 Å². The van der Waals surface area contributed by atoms with Crippen LogP contribution in [0, 0.1) is 5.82 Å². The number of benzene rings is 1. The molecule has 1 saturated heterocycles. The topological polar surface area (TPSA) is 35.6 Å². The summed E-state index contributed by atoms with van der Waals surface area (Å²) >= 11 is 5.85. The van der Waals surface area contributed by atoms with E-state index in [4.69, 9.17) is 11.6 Å². The molecular weight excluding hydrogens is 341 g/mol. The molecule has 1 amide bonds. The summed E-state index contributed by atoms with van der Waals surface area (Å²) in [4.78, 5) is 16.7. The minimum Gasteiger partial charge on any atom is -0.352 e. The Labute approximate surface area is 154 Å². The maximum absolute atomic E-state index is 13.2. The molecule has 0 radical (unpaired) electrons. The molecule has 25 heavy (non-hydrogen) atoms. The lowest BCUT2D eigenvalue weighted by Gasteiger charge is -2.34. The Morgan fingerprint density at radius 1 is 1.12 bits per heavy atom. The zero-order valence-corrected chi connectivity index (χ0v) is 15.4. The first kappa shape index (κ1) is 18.6. The van der Waals surface area contributed by atoms with Gasteiger partial charge in [-0.15, -0.1) is 0 Å². The van der Waals surface area contributed by atoms with Gasteiger partial charge in [0.1, 0.15) is 5.82 Å². The number of piperazine rings is 1. The lowest BCUT2D eigenvalue weighted by molar-refractivity contribution is -0.123. The van der Waals surface area contributed by atoms with E-state index in [2.05, 4.69) is 15.1 Å². The molecule has 1 heterocycles. The van der Waals surface area contributed by atoms with Gasteiger partial charge in [0.2, 0.25) is 5.91 Å². The number of hydrogen-bond donors (Lipinski definition) is 1. The Morgan fingerprint density at radius 3 is 2.48 bits per heavy atom. The Bertz CT molecular complexity index is 584. The van der Waals surface area contributed by atoms with E-state index in [1.54, 1.807) is 12.1 Å². The number of amides is 1. The fraction of sp³-hybridized carbons (Fsp3) is 0.632. The van der Waals surface area contributed by atoms with Crippen molar-refractivity contribution in [1.82, 2.24) is 15.1 Å². The van der Waals surface area contributed by atoms with Crippen molar-refractivity contribution in [1.29, 1.82) is 0 Å². The van der Waals surface area contributed by atoms with Crippen molar-refractivity contribution < 1.29 is 9.18 Å². The normalized spacial score (nSPS) is 20.6. The molecule has 6 heteroatoms. The number of nitrogens with zero attached hydrogens (tertiary/aromatic N) is 2. The van der Waals surface area contributed by atoms with Crippen LogP contribution in [-0.4, -0.2) is 54.5 Å². The number of hydrogen-bond acceptors (Lipinski definition) is 3. The van der Waals surface area contributed by atoms with Crippen molar-refractivity contribution in [3.8, 4) is 0 Å². The molecule has 4 nitrogen and oxygen atoms in total. The van der Waals surface area contributed by atoms with Crippen molar-refractivity contribution in [2.45, 2.75) is 44.7 Å². The summed E-state index contributed by atoms with van der Waals surface area (Å²) in [5.41, 5.74) is 1.02. The van der Waals surface area contributed by atoms with Gasteiger partial charge in [0.05, 0.1) is 11.6 Å². The first-order valence-electron chi connectivity index (χ1n) is 9.28. The molecule has 3 rings (SSSR count). The zero-order valence-electron chi connectivity index (χ0n) is 14.6. The molecule has 0 aromatic heterocycles. The summed E-state index contributed by atoms with van der Waals surface area (Å²) in [6.45, 7) is 4.84. The molecule has 0 spiro atoms. The standard InChI is InChI=1S/C19H27ClFN3O/c20-17-12-15(6-7-18(17)21)13-23-8-10-24(11-9-23)14-19(25)22-16-4-2-1-3-5-16/h6-7,12,16H,1-5,8-11,13-14H2,(H,22,25). The van der Waals surface area contributed by atoms with Gasteiger partial charge < -0.3 is 5.32 Å². The number of carbonyl (C=O) groups is 1. The fourth-order valence-corrected chi connectivity index (χ4v) is 3.93.